The summed E-state index contributed by atoms with van der Waals surface area (Å²) in [7, 11) is 4.05. The van der Waals surface area contributed by atoms with Gasteiger partial charge < -0.3 is 4.90 Å². The third-order valence-electron chi connectivity index (χ3n) is 3.09. The van der Waals surface area contributed by atoms with Gasteiger partial charge in [0.05, 0.1) is 4.70 Å². The lowest BCUT2D eigenvalue weighted by atomic mass is 10.1. The molecule has 0 aliphatic rings. The van der Waals surface area contributed by atoms with Crippen molar-refractivity contribution in [1.82, 2.24) is 9.97 Å². The first-order valence-corrected chi connectivity index (χ1v) is 6.72. The van der Waals surface area contributed by atoms with Gasteiger partial charge in [-0.05, 0) is 31.5 Å². The molecule has 0 saturated carbocycles. The Hall–Kier alpha value is -1.68. The van der Waals surface area contributed by atoms with Gasteiger partial charge in [-0.3, -0.25) is 0 Å². The topological polar surface area (TPSA) is 29.0 Å². The maximum Gasteiger partial charge on any atom is 0.146 e. The molecule has 3 aromatic rings. The number of rotatable bonds is 1. The zero-order valence-electron chi connectivity index (χ0n) is 11.0. The molecular formula is C14H15N3S. The molecule has 3 aromatic heterocycles. The van der Waals surface area contributed by atoms with E-state index in [1.165, 1.54) is 21.0 Å². The molecule has 18 heavy (non-hydrogen) atoms. The van der Waals surface area contributed by atoms with E-state index in [1.807, 2.05) is 27.2 Å². The van der Waals surface area contributed by atoms with Gasteiger partial charge in [0, 0.05) is 36.8 Å². The summed E-state index contributed by atoms with van der Waals surface area (Å²) in [5.74, 6) is 1.02. The Kier molecular flexibility index (Phi) is 2.48. The average Bonchev–Trinajstić information content (AvgIpc) is 2.65. The Morgan fingerprint density at radius 3 is 2.72 bits per heavy atom. The fraction of sp³-hybridized carbons (Fsp3) is 0.286. The molecule has 0 amide bonds. The minimum atomic E-state index is 1.02. The average molecular weight is 257 g/mol. The van der Waals surface area contributed by atoms with Gasteiger partial charge in [0.25, 0.3) is 0 Å². The Labute approximate surface area is 110 Å². The Balaban J connectivity index is 2.51. The van der Waals surface area contributed by atoms with Crippen LogP contribution in [-0.4, -0.2) is 24.1 Å². The minimum absolute atomic E-state index is 1.02. The maximum absolute atomic E-state index is 4.65. The fourth-order valence-electron chi connectivity index (χ4n) is 2.35. The van der Waals surface area contributed by atoms with Crippen molar-refractivity contribution in [1.29, 1.82) is 0 Å². The molecule has 0 aromatic carbocycles. The smallest absolute Gasteiger partial charge is 0.146 e. The summed E-state index contributed by atoms with van der Waals surface area (Å²) in [4.78, 5) is 12.3. The molecule has 3 rings (SSSR count). The summed E-state index contributed by atoms with van der Waals surface area (Å²) >= 11 is 1.73. The van der Waals surface area contributed by atoms with Crippen molar-refractivity contribution in [3.05, 3.63) is 29.6 Å². The van der Waals surface area contributed by atoms with E-state index in [0.717, 1.165) is 16.3 Å². The van der Waals surface area contributed by atoms with Gasteiger partial charge >= 0.3 is 0 Å². The highest BCUT2D eigenvalue weighted by molar-refractivity contribution is 7.26. The van der Waals surface area contributed by atoms with Gasteiger partial charge in [-0.1, -0.05) is 0 Å². The molecular weight excluding hydrogens is 242 g/mol. The van der Waals surface area contributed by atoms with Crippen LogP contribution in [-0.2, 0) is 0 Å². The van der Waals surface area contributed by atoms with E-state index in [4.69, 9.17) is 0 Å². The largest absolute Gasteiger partial charge is 0.362 e. The highest BCUT2D eigenvalue weighted by Gasteiger charge is 2.13. The zero-order chi connectivity index (χ0) is 12.9. The van der Waals surface area contributed by atoms with E-state index >= 15 is 0 Å². The van der Waals surface area contributed by atoms with Crippen molar-refractivity contribution >= 4 is 37.5 Å². The van der Waals surface area contributed by atoms with Crippen LogP contribution in [0.2, 0.25) is 0 Å². The molecule has 0 aliphatic heterocycles. The van der Waals surface area contributed by atoms with Crippen LogP contribution in [0.25, 0.3) is 20.3 Å². The summed E-state index contributed by atoms with van der Waals surface area (Å²) in [6.07, 6.45) is 1.88. The Morgan fingerprint density at radius 2 is 2.00 bits per heavy atom. The molecule has 3 nitrogen and oxygen atoms in total. The lowest BCUT2D eigenvalue weighted by molar-refractivity contribution is 1.09. The number of pyridine rings is 2. The van der Waals surface area contributed by atoms with Crippen molar-refractivity contribution in [2.24, 2.45) is 0 Å². The molecule has 0 fully saturated rings. The van der Waals surface area contributed by atoms with E-state index in [-0.39, 0.29) is 0 Å². The van der Waals surface area contributed by atoms with Crippen molar-refractivity contribution in [2.75, 3.05) is 19.0 Å². The number of hydrogen-bond donors (Lipinski definition) is 0. The van der Waals surface area contributed by atoms with Crippen LogP contribution < -0.4 is 4.90 Å². The van der Waals surface area contributed by atoms with E-state index in [1.54, 1.807) is 11.3 Å². The van der Waals surface area contributed by atoms with Gasteiger partial charge in [0.15, 0.2) is 0 Å². The summed E-state index contributed by atoms with van der Waals surface area (Å²) in [5, 5.41) is 2.53. The molecule has 0 saturated heterocycles. The van der Waals surface area contributed by atoms with E-state index < -0.39 is 0 Å². The first kappa shape index (κ1) is 11.4. The number of aromatic nitrogens is 2. The molecule has 0 atom stereocenters. The highest BCUT2D eigenvalue weighted by Crippen LogP contribution is 2.38. The third-order valence-corrected chi connectivity index (χ3v) is 4.18. The van der Waals surface area contributed by atoms with Gasteiger partial charge in [-0.2, -0.15) is 0 Å². The Bertz CT molecular complexity index is 743. The molecule has 0 bridgehead atoms. The molecule has 0 spiro atoms. The SMILES string of the molecule is Cc1cc(C)c2c(n1)sc1c(N(C)C)nccc12. The first-order chi connectivity index (χ1) is 8.58. The maximum atomic E-state index is 4.65. The molecule has 0 aliphatic carbocycles. The fourth-order valence-corrected chi connectivity index (χ4v) is 3.72. The van der Waals surface area contributed by atoms with Crippen LogP contribution in [0.5, 0.6) is 0 Å². The summed E-state index contributed by atoms with van der Waals surface area (Å²) in [6, 6.07) is 4.23. The second kappa shape index (κ2) is 3.92. The van der Waals surface area contributed by atoms with Crippen LogP contribution in [0.15, 0.2) is 18.3 Å². The molecule has 4 heteroatoms. The van der Waals surface area contributed by atoms with E-state index in [0.29, 0.717) is 0 Å². The van der Waals surface area contributed by atoms with Crippen LogP contribution in [0.1, 0.15) is 11.3 Å². The minimum Gasteiger partial charge on any atom is -0.362 e. The lowest BCUT2D eigenvalue weighted by Crippen LogP contribution is -2.10. The monoisotopic (exact) mass is 257 g/mol. The van der Waals surface area contributed by atoms with Gasteiger partial charge in [-0.15, -0.1) is 11.3 Å². The predicted octanol–water partition coefficient (Wildman–Crippen LogP) is 3.53. The number of thiophene rings is 1. The summed E-state index contributed by atoms with van der Waals surface area (Å²) in [6.45, 7) is 4.20. The van der Waals surface area contributed by atoms with Crippen molar-refractivity contribution < 1.29 is 0 Å². The third kappa shape index (κ3) is 1.56. The number of fused-ring (bicyclic) bond motifs is 3. The quantitative estimate of drug-likeness (QED) is 0.668. The standard InChI is InChI=1S/C14H15N3S/c1-8-7-9(2)16-14-11(8)10-5-6-15-13(17(3)4)12(10)18-14/h5-7H,1-4H3. The van der Waals surface area contributed by atoms with Crippen LogP contribution in [0.4, 0.5) is 5.82 Å². The van der Waals surface area contributed by atoms with Crippen LogP contribution >= 0.6 is 11.3 Å². The summed E-state index contributed by atoms with van der Waals surface area (Å²) < 4.78 is 1.22. The number of aryl methyl sites for hydroxylation is 2. The van der Waals surface area contributed by atoms with Crippen molar-refractivity contribution in [2.45, 2.75) is 13.8 Å². The molecule has 0 unspecified atom stereocenters. The Morgan fingerprint density at radius 1 is 1.22 bits per heavy atom. The predicted molar refractivity (Wildman–Crippen MR) is 78.7 cm³/mol. The second-order valence-corrected chi connectivity index (χ2v) is 5.77. The number of nitrogens with zero attached hydrogens (tertiary/aromatic N) is 3. The van der Waals surface area contributed by atoms with Gasteiger partial charge in [-0.25, -0.2) is 9.97 Å². The second-order valence-electron chi connectivity index (χ2n) is 4.77. The van der Waals surface area contributed by atoms with Crippen LogP contribution in [0, 0.1) is 13.8 Å². The van der Waals surface area contributed by atoms with Gasteiger partial charge in [0.1, 0.15) is 10.6 Å². The molecule has 0 N–H and O–H groups in total. The molecule has 92 valence electrons. The van der Waals surface area contributed by atoms with E-state index in [2.05, 4.69) is 33.9 Å². The van der Waals surface area contributed by atoms with Crippen molar-refractivity contribution in [3.63, 3.8) is 0 Å². The first-order valence-electron chi connectivity index (χ1n) is 5.90. The highest BCUT2D eigenvalue weighted by atomic mass is 32.1. The number of hydrogen-bond acceptors (Lipinski definition) is 4. The van der Waals surface area contributed by atoms with Gasteiger partial charge in [0.2, 0.25) is 0 Å². The van der Waals surface area contributed by atoms with E-state index in [9.17, 15) is 0 Å². The number of anilines is 1. The molecule has 3 heterocycles. The van der Waals surface area contributed by atoms with Crippen molar-refractivity contribution in [3.8, 4) is 0 Å². The zero-order valence-corrected chi connectivity index (χ0v) is 11.8. The lowest BCUT2D eigenvalue weighted by Gasteiger charge is -2.11. The van der Waals surface area contributed by atoms with Crippen LogP contribution in [0.3, 0.4) is 0 Å². The molecule has 0 radical (unpaired) electrons. The normalized spacial score (nSPS) is 11.3. The summed E-state index contributed by atoms with van der Waals surface area (Å²) in [5.41, 5.74) is 2.37.